The number of pyridine rings is 1. The largest absolute Gasteiger partial charge is 0.487 e. The summed E-state index contributed by atoms with van der Waals surface area (Å²) in [6, 6.07) is 11.9. The molecular weight excluding hydrogens is 236 g/mol. The van der Waals surface area contributed by atoms with Crippen LogP contribution in [0.25, 0.3) is 0 Å². The first-order valence-electron chi connectivity index (χ1n) is 6.70. The standard InChI is InChI=1S/C16H20N2O/c1-2-3-4-13-5-7-16(8-6-13)19-12-15-11-14(17)9-10-18-15/h5-11H,2-4,12H2,1H3,(H2,17,18). The number of ether oxygens (including phenoxy) is 1. The smallest absolute Gasteiger partial charge is 0.130 e. The molecule has 0 radical (unpaired) electrons. The van der Waals surface area contributed by atoms with Crippen molar-refractivity contribution in [2.45, 2.75) is 32.8 Å². The van der Waals surface area contributed by atoms with Crippen LogP contribution in [-0.2, 0) is 13.0 Å². The van der Waals surface area contributed by atoms with Crippen LogP contribution in [0.5, 0.6) is 5.75 Å². The summed E-state index contributed by atoms with van der Waals surface area (Å²) in [5, 5.41) is 0. The molecule has 0 aliphatic carbocycles. The Balaban J connectivity index is 1.89. The summed E-state index contributed by atoms with van der Waals surface area (Å²) in [6.07, 6.45) is 5.28. The summed E-state index contributed by atoms with van der Waals surface area (Å²) >= 11 is 0. The normalized spacial score (nSPS) is 10.4. The van der Waals surface area contributed by atoms with Gasteiger partial charge in [-0.1, -0.05) is 25.5 Å². The molecular formula is C16H20N2O. The number of nitrogens with two attached hydrogens (primary N) is 1. The Morgan fingerprint density at radius 2 is 1.95 bits per heavy atom. The molecule has 0 atom stereocenters. The molecule has 0 saturated heterocycles. The van der Waals surface area contributed by atoms with Crippen molar-refractivity contribution in [3.63, 3.8) is 0 Å². The number of rotatable bonds is 6. The third-order valence-electron chi connectivity index (χ3n) is 2.97. The number of hydrogen-bond acceptors (Lipinski definition) is 3. The van der Waals surface area contributed by atoms with Crippen molar-refractivity contribution in [1.82, 2.24) is 4.98 Å². The van der Waals surface area contributed by atoms with Crippen molar-refractivity contribution in [3.8, 4) is 5.75 Å². The minimum absolute atomic E-state index is 0.444. The molecule has 1 heterocycles. The summed E-state index contributed by atoms with van der Waals surface area (Å²) in [5.74, 6) is 0.865. The predicted molar refractivity (Wildman–Crippen MR) is 78.0 cm³/mol. The van der Waals surface area contributed by atoms with Crippen molar-refractivity contribution in [2.24, 2.45) is 0 Å². The first kappa shape index (κ1) is 13.4. The van der Waals surface area contributed by atoms with Crippen LogP contribution in [0.1, 0.15) is 31.0 Å². The van der Waals surface area contributed by atoms with Crippen LogP contribution in [0.15, 0.2) is 42.6 Å². The van der Waals surface area contributed by atoms with Crippen molar-refractivity contribution in [2.75, 3.05) is 5.73 Å². The lowest BCUT2D eigenvalue weighted by molar-refractivity contribution is 0.301. The second-order valence-electron chi connectivity index (χ2n) is 4.62. The average molecular weight is 256 g/mol. The average Bonchev–Trinajstić information content (AvgIpc) is 2.44. The molecule has 0 unspecified atom stereocenters. The molecule has 2 N–H and O–H groups in total. The monoisotopic (exact) mass is 256 g/mol. The Morgan fingerprint density at radius 3 is 2.63 bits per heavy atom. The lowest BCUT2D eigenvalue weighted by atomic mass is 10.1. The number of aromatic nitrogens is 1. The fourth-order valence-electron chi connectivity index (χ4n) is 1.87. The highest BCUT2D eigenvalue weighted by atomic mass is 16.5. The Bertz CT molecular complexity index is 508. The summed E-state index contributed by atoms with van der Waals surface area (Å²) in [7, 11) is 0. The van der Waals surface area contributed by atoms with Gasteiger partial charge in [0, 0.05) is 11.9 Å². The van der Waals surface area contributed by atoms with Gasteiger partial charge in [0.25, 0.3) is 0 Å². The van der Waals surface area contributed by atoms with Crippen LogP contribution in [0.3, 0.4) is 0 Å². The van der Waals surface area contributed by atoms with E-state index >= 15 is 0 Å². The Labute approximate surface area is 114 Å². The van der Waals surface area contributed by atoms with Crippen LogP contribution in [-0.4, -0.2) is 4.98 Å². The van der Waals surface area contributed by atoms with Crippen molar-refractivity contribution in [1.29, 1.82) is 0 Å². The van der Waals surface area contributed by atoms with E-state index in [0.717, 1.165) is 17.9 Å². The number of unbranched alkanes of at least 4 members (excludes halogenated alkanes) is 1. The molecule has 2 rings (SSSR count). The fraction of sp³-hybridized carbons (Fsp3) is 0.312. The van der Waals surface area contributed by atoms with E-state index in [2.05, 4.69) is 24.0 Å². The second kappa shape index (κ2) is 6.78. The maximum Gasteiger partial charge on any atom is 0.130 e. The van der Waals surface area contributed by atoms with E-state index in [-0.39, 0.29) is 0 Å². The van der Waals surface area contributed by atoms with Gasteiger partial charge in [0.1, 0.15) is 12.4 Å². The molecule has 19 heavy (non-hydrogen) atoms. The molecule has 1 aromatic carbocycles. The van der Waals surface area contributed by atoms with Gasteiger partial charge >= 0.3 is 0 Å². The highest BCUT2D eigenvalue weighted by molar-refractivity contribution is 5.37. The van der Waals surface area contributed by atoms with Gasteiger partial charge in [-0.15, -0.1) is 0 Å². The number of benzene rings is 1. The molecule has 0 bridgehead atoms. The molecule has 1 aromatic heterocycles. The zero-order valence-corrected chi connectivity index (χ0v) is 11.3. The van der Waals surface area contributed by atoms with Gasteiger partial charge in [-0.25, -0.2) is 0 Å². The Kier molecular flexibility index (Phi) is 4.78. The first-order valence-corrected chi connectivity index (χ1v) is 6.70. The van der Waals surface area contributed by atoms with Gasteiger partial charge < -0.3 is 10.5 Å². The van der Waals surface area contributed by atoms with Gasteiger partial charge in [0.05, 0.1) is 5.69 Å². The van der Waals surface area contributed by atoms with Crippen molar-refractivity contribution >= 4 is 5.69 Å². The van der Waals surface area contributed by atoms with E-state index in [9.17, 15) is 0 Å². The Hall–Kier alpha value is -2.03. The SMILES string of the molecule is CCCCc1ccc(OCc2cc(N)ccn2)cc1. The number of hydrogen-bond donors (Lipinski definition) is 1. The molecule has 0 spiro atoms. The zero-order chi connectivity index (χ0) is 13.5. The van der Waals surface area contributed by atoms with Crippen LogP contribution in [0.2, 0.25) is 0 Å². The number of nitrogens with zero attached hydrogens (tertiary/aromatic N) is 1. The number of anilines is 1. The van der Waals surface area contributed by atoms with Crippen LogP contribution in [0, 0.1) is 0 Å². The summed E-state index contributed by atoms with van der Waals surface area (Å²) < 4.78 is 5.69. The predicted octanol–water partition coefficient (Wildman–Crippen LogP) is 3.59. The van der Waals surface area contributed by atoms with E-state index in [1.165, 1.54) is 18.4 Å². The maximum absolute atomic E-state index is 5.70. The van der Waals surface area contributed by atoms with Crippen LogP contribution >= 0.6 is 0 Å². The zero-order valence-electron chi connectivity index (χ0n) is 11.3. The second-order valence-corrected chi connectivity index (χ2v) is 4.62. The summed E-state index contributed by atoms with van der Waals surface area (Å²) in [6.45, 7) is 2.65. The lowest BCUT2D eigenvalue weighted by Gasteiger charge is -2.07. The minimum Gasteiger partial charge on any atom is -0.487 e. The molecule has 0 aliphatic heterocycles. The van der Waals surface area contributed by atoms with E-state index < -0.39 is 0 Å². The quantitative estimate of drug-likeness (QED) is 0.859. The van der Waals surface area contributed by atoms with E-state index in [4.69, 9.17) is 10.5 Å². The molecule has 2 aromatic rings. The van der Waals surface area contributed by atoms with E-state index in [1.54, 1.807) is 12.3 Å². The molecule has 3 nitrogen and oxygen atoms in total. The molecule has 100 valence electrons. The van der Waals surface area contributed by atoms with Crippen LogP contribution < -0.4 is 10.5 Å². The first-order chi connectivity index (χ1) is 9.28. The fourth-order valence-corrected chi connectivity index (χ4v) is 1.87. The highest BCUT2D eigenvalue weighted by Crippen LogP contribution is 2.15. The maximum atomic E-state index is 5.70. The molecule has 0 aliphatic rings. The molecule has 0 amide bonds. The lowest BCUT2D eigenvalue weighted by Crippen LogP contribution is -1.99. The van der Waals surface area contributed by atoms with E-state index in [0.29, 0.717) is 12.3 Å². The van der Waals surface area contributed by atoms with Gasteiger partial charge in [0.15, 0.2) is 0 Å². The summed E-state index contributed by atoms with van der Waals surface area (Å²) in [5.41, 5.74) is 8.61. The van der Waals surface area contributed by atoms with Gasteiger partial charge in [-0.2, -0.15) is 0 Å². The van der Waals surface area contributed by atoms with Crippen LogP contribution in [0.4, 0.5) is 5.69 Å². The molecule has 0 saturated carbocycles. The number of nitrogen functional groups attached to an aromatic ring is 1. The van der Waals surface area contributed by atoms with Gasteiger partial charge in [-0.05, 0) is 42.7 Å². The van der Waals surface area contributed by atoms with Crippen molar-refractivity contribution in [3.05, 3.63) is 53.9 Å². The third-order valence-corrected chi connectivity index (χ3v) is 2.97. The number of aryl methyl sites for hydroxylation is 1. The summed E-state index contributed by atoms with van der Waals surface area (Å²) in [4.78, 5) is 4.21. The van der Waals surface area contributed by atoms with Crippen molar-refractivity contribution < 1.29 is 4.74 Å². The third kappa shape index (κ3) is 4.28. The van der Waals surface area contributed by atoms with Gasteiger partial charge in [-0.3, -0.25) is 4.98 Å². The van der Waals surface area contributed by atoms with Gasteiger partial charge in [0.2, 0.25) is 0 Å². The topological polar surface area (TPSA) is 48.1 Å². The Morgan fingerprint density at radius 1 is 1.16 bits per heavy atom. The minimum atomic E-state index is 0.444. The molecule has 3 heteroatoms. The van der Waals surface area contributed by atoms with E-state index in [1.807, 2.05) is 18.2 Å². The molecule has 0 fully saturated rings. The highest BCUT2D eigenvalue weighted by Gasteiger charge is 1.99.